The lowest BCUT2D eigenvalue weighted by Gasteiger charge is -2.51. The number of hydrogen-bond donors (Lipinski definition) is 0. The fraction of sp³-hybridized carbons (Fsp3) is 0.435. The first-order valence-corrected chi connectivity index (χ1v) is 12.7. The SMILES string of the molecule is C[C@@H]1CN(C2CN(C(=O)c3cc4ccc(C(F)(F)F)cc4s3)C2)C[C@H](C)N1C(=O)c1nccs1. The lowest BCUT2D eigenvalue weighted by atomic mass is 10.0. The number of halogens is 3. The third-order valence-electron chi connectivity index (χ3n) is 6.52. The van der Waals surface area contributed by atoms with Crippen LogP contribution in [-0.2, 0) is 6.18 Å². The van der Waals surface area contributed by atoms with Crippen molar-refractivity contribution >= 4 is 44.6 Å². The van der Waals surface area contributed by atoms with Crippen LogP contribution >= 0.6 is 22.7 Å². The number of carbonyl (C=O) groups is 2. The molecule has 180 valence electrons. The standard InChI is InChI=1S/C23H23F3N4O2S2/c1-13-9-28(10-14(2)30(13)22(32)20-27-5-6-33-20)17-11-29(12-17)21(31)19-7-15-3-4-16(23(24,25)26)8-18(15)34-19/h3-8,13-14,17H,9-12H2,1-2H3/t13-,14+. The van der Waals surface area contributed by atoms with Gasteiger partial charge in [0.2, 0.25) is 0 Å². The van der Waals surface area contributed by atoms with Gasteiger partial charge in [0, 0.05) is 60.6 Å². The van der Waals surface area contributed by atoms with E-state index in [0.717, 1.165) is 36.6 Å². The predicted octanol–water partition coefficient (Wildman–Crippen LogP) is 4.44. The van der Waals surface area contributed by atoms with E-state index in [2.05, 4.69) is 9.88 Å². The molecule has 34 heavy (non-hydrogen) atoms. The average molecular weight is 509 g/mol. The molecule has 4 heterocycles. The number of amides is 2. The highest BCUT2D eigenvalue weighted by molar-refractivity contribution is 7.20. The van der Waals surface area contributed by atoms with E-state index < -0.39 is 11.7 Å². The number of hydrogen-bond acceptors (Lipinski definition) is 6. The van der Waals surface area contributed by atoms with Crippen molar-refractivity contribution in [3.8, 4) is 0 Å². The van der Waals surface area contributed by atoms with Crippen molar-refractivity contribution in [2.45, 2.75) is 38.1 Å². The van der Waals surface area contributed by atoms with Crippen LogP contribution < -0.4 is 0 Å². The van der Waals surface area contributed by atoms with E-state index in [1.54, 1.807) is 22.5 Å². The molecule has 0 bridgehead atoms. The maximum Gasteiger partial charge on any atom is 0.416 e. The van der Waals surface area contributed by atoms with Gasteiger partial charge < -0.3 is 9.80 Å². The highest BCUT2D eigenvalue weighted by atomic mass is 32.1. The predicted molar refractivity (Wildman–Crippen MR) is 125 cm³/mol. The van der Waals surface area contributed by atoms with E-state index in [1.807, 2.05) is 18.7 Å². The Bertz CT molecular complexity index is 1210. The van der Waals surface area contributed by atoms with Crippen molar-refractivity contribution in [2.24, 2.45) is 0 Å². The van der Waals surface area contributed by atoms with Crippen molar-refractivity contribution in [3.05, 3.63) is 51.3 Å². The Labute approximate surface area is 202 Å². The molecule has 2 amide bonds. The summed E-state index contributed by atoms with van der Waals surface area (Å²) in [5, 5.41) is 2.94. The molecule has 6 nitrogen and oxygen atoms in total. The fourth-order valence-corrected chi connectivity index (χ4v) is 6.47. The van der Waals surface area contributed by atoms with Gasteiger partial charge in [-0.15, -0.1) is 22.7 Å². The van der Waals surface area contributed by atoms with E-state index in [4.69, 9.17) is 0 Å². The number of rotatable bonds is 3. The molecule has 2 atom stereocenters. The number of benzene rings is 1. The van der Waals surface area contributed by atoms with Crippen LogP contribution in [0.2, 0.25) is 0 Å². The van der Waals surface area contributed by atoms with Crippen LogP contribution in [0.5, 0.6) is 0 Å². The molecule has 3 aromatic rings. The minimum absolute atomic E-state index is 0.0234. The highest BCUT2D eigenvalue weighted by Gasteiger charge is 2.42. The zero-order valence-corrected chi connectivity index (χ0v) is 20.2. The Morgan fingerprint density at radius 1 is 1.03 bits per heavy atom. The van der Waals surface area contributed by atoms with Gasteiger partial charge in [0.1, 0.15) is 0 Å². The first kappa shape index (κ1) is 23.3. The number of aromatic nitrogens is 1. The Balaban J connectivity index is 1.21. The normalized spacial score (nSPS) is 22.3. The van der Waals surface area contributed by atoms with Gasteiger partial charge in [-0.1, -0.05) is 6.07 Å². The topological polar surface area (TPSA) is 56.8 Å². The second-order valence-electron chi connectivity index (χ2n) is 8.93. The summed E-state index contributed by atoms with van der Waals surface area (Å²) in [6.45, 7) is 6.64. The molecule has 0 spiro atoms. The van der Waals surface area contributed by atoms with Crippen molar-refractivity contribution in [3.63, 3.8) is 0 Å². The zero-order chi connectivity index (χ0) is 24.2. The number of thiazole rings is 1. The monoisotopic (exact) mass is 508 g/mol. The molecule has 11 heteroatoms. The van der Waals surface area contributed by atoms with Gasteiger partial charge in [0.15, 0.2) is 5.01 Å². The van der Waals surface area contributed by atoms with Gasteiger partial charge in [0.05, 0.1) is 10.4 Å². The maximum absolute atomic E-state index is 13.0. The number of likely N-dealkylation sites (tertiary alicyclic amines) is 1. The largest absolute Gasteiger partial charge is 0.416 e. The van der Waals surface area contributed by atoms with Gasteiger partial charge in [-0.05, 0) is 37.4 Å². The number of thiophene rings is 1. The smallest absolute Gasteiger partial charge is 0.335 e. The number of nitrogens with zero attached hydrogens (tertiary/aromatic N) is 4. The lowest BCUT2D eigenvalue weighted by molar-refractivity contribution is -0.137. The summed E-state index contributed by atoms with van der Waals surface area (Å²) in [6.07, 6.45) is -2.77. The molecule has 2 aliphatic heterocycles. The first-order valence-electron chi connectivity index (χ1n) is 11.0. The molecule has 0 radical (unpaired) electrons. The van der Waals surface area contributed by atoms with Crippen LogP contribution in [0.3, 0.4) is 0 Å². The molecule has 2 aromatic heterocycles. The summed E-state index contributed by atoms with van der Waals surface area (Å²) in [4.78, 5) is 36.3. The Hall–Kier alpha value is -2.50. The second-order valence-corrected chi connectivity index (χ2v) is 10.9. The van der Waals surface area contributed by atoms with Crippen molar-refractivity contribution < 1.29 is 22.8 Å². The number of carbonyl (C=O) groups excluding carboxylic acids is 2. The van der Waals surface area contributed by atoms with Crippen LogP contribution in [0.4, 0.5) is 13.2 Å². The molecule has 0 saturated carbocycles. The van der Waals surface area contributed by atoms with Crippen molar-refractivity contribution in [1.29, 1.82) is 0 Å². The summed E-state index contributed by atoms with van der Waals surface area (Å²) in [5.74, 6) is -0.191. The average Bonchev–Trinajstić information content (AvgIpc) is 3.41. The molecule has 0 unspecified atom stereocenters. The zero-order valence-electron chi connectivity index (χ0n) is 18.6. The summed E-state index contributed by atoms with van der Waals surface area (Å²) in [6, 6.07) is 5.49. The Morgan fingerprint density at radius 2 is 1.74 bits per heavy atom. The minimum Gasteiger partial charge on any atom is -0.335 e. The molecule has 2 saturated heterocycles. The van der Waals surface area contributed by atoms with Crippen LogP contribution in [-0.4, -0.2) is 75.8 Å². The molecule has 1 aromatic carbocycles. The van der Waals surface area contributed by atoms with Gasteiger partial charge in [-0.25, -0.2) is 4.98 Å². The van der Waals surface area contributed by atoms with E-state index in [-0.39, 0.29) is 29.9 Å². The molecule has 0 N–H and O–H groups in total. The quantitative estimate of drug-likeness (QED) is 0.525. The van der Waals surface area contributed by atoms with Crippen LogP contribution in [0.1, 0.15) is 38.9 Å². The molecule has 0 aliphatic carbocycles. The van der Waals surface area contributed by atoms with Gasteiger partial charge >= 0.3 is 6.18 Å². The van der Waals surface area contributed by atoms with Crippen molar-refractivity contribution in [1.82, 2.24) is 19.7 Å². The fourth-order valence-electron chi connectivity index (χ4n) is 4.82. The van der Waals surface area contributed by atoms with Gasteiger partial charge in [-0.3, -0.25) is 14.5 Å². The Morgan fingerprint density at radius 3 is 2.35 bits per heavy atom. The number of fused-ring (bicyclic) bond motifs is 1. The van der Waals surface area contributed by atoms with E-state index >= 15 is 0 Å². The van der Waals surface area contributed by atoms with E-state index in [0.29, 0.717) is 33.1 Å². The molecular weight excluding hydrogens is 485 g/mol. The molecule has 2 fully saturated rings. The summed E-state index contributed by atoms with van der Waals surface area (Å²) in [5.41, 5.74) is -0.708. The summed E-state index contributed by atoms with van der Waals surface area (Å²) in [7, 11) is 0. The van der Waals surface area contributed by atoms with Gasteiger partial charge in [-0.2, -0.15) is 13.2 Å². The third-order valence-corrected chi connectivity index (χ3v) is 8.37. The van der Waals surface area contributed by atoms with E-state index in [9.17, 15) is 22.8 Å². The highest BCUT2D eigenvalue weighted by Crippen LogP contribution is 2.35. The molecule has 5 rings (SSSR count). The van der Waals surface area contributed by atoms with Crippen LogP contribution in [0.15, 0.2) is 35.8 Å². The number of piperazine rings is 1. The summed E-state index contributed by atoms with van der Waals surface area (Å²) >= 11 is 2.44. The Kier molecular flexibility index (Phi) is 5.89. The lowest BCUT2D eigenvalue weighted by Crippen LogP contribution is -2.67. The van der Waals surface area contributed by atoms with Crippen LogP contribution in [0.25, 0.3) is 10.1 Å². The third kappa shape index (κ3) is 4.20. The molecule has 2 aliphatic rings. The molecular formula is C23H23F3N4O2S2. The van der Waals surface area contributed by atoms with Gasteiger partial charge in [0.25, 0.3) is 11.8 Å². The van der Waals surface area contributed by atoms with E-state index in [1.165, 1.54) is 17.4 Å². The van der Waals surface area contributed by atoms with Crippen LogP contribution in [0, 0.1) is 0 Å². The minimum atomic E-state index is -4.41. The second kappa shape index (κ2) is 8.62. The summed E-state index contributed by atoms with van der Waals surface area (Å²) < 4.78 is 39.4. The number of alkyl halides is 3. The maximum atomic E-state index is 13.0. The van der Waals surface area contributed by atoms with Crippen molar-refractivity contribution in [2.75, 3.05) is 26.2 Å². The first-order chi connectivity index (χ1) is 16.1.